The Bertz CT molecular complexity index is 807. The van der Waals surface area contributed by atoms with E-state index in [2.05, 4.69) is 26.1 Å². The van der Waals surface area contributed by atoms with Crippen molar-refractivity contribution in [3.8, 4) is 0 Å². The van der Waals surface area contributed by atoms with Crippen LogP contribution in [0.25, 0.3) is 0 Å². The van der Waals surface area contributed by atoms with Crippen LogP contribution in [-0.2, 0) is 28.5 Å². The minimum atomic E-state index is -0.619. The number of unbranched alkanes of at least 4 members (excludes halogenated alkanes) is 22. The lowest BCUT2D eigenvalue weighted by Crippen LogP contribution is -2.22. The molecule has 0 rings (SSSR count). The second-order valence-electron chi connectivity index (χ2n) is 15.8. The number of esters is 2. The lowest BCUT2D eigenvalue weighted by molar-refractivity contribution is -0.146. The van der Waals surface area contributed by atoms with Gasteiger partial charge in [0.15, 0.2) is 0 Å². The predicted molar refractivity (Wildman–Crippen MR) is 225 cm³/mol. The van der Waals surface area contributed by atoms with Crippen molar-refractivity contribution in [3.05, 3.63) is 0 Å². The molecule has 320 valence electrons. The molecular formula is C46H89NO7. The lowest BCUT2D eigenvalue weighted by atomic mass is 9.91. The zero-order chi connectivity index (χ0) is 39.6. The maximum Gasteiger partial charge on any atom is 0.508 e. The van der Waals surface area contributed by atoms with Crippen LogP contribution in [0.15, 0.2) is 0 Å². The Kier molecular flexibility index (Phi) is 40.9. The molecule has 0 bridgehead atoms. The first-order chi connectivity index (χ1) is 26.5. The lowest BCUT2D eigenvalue weighted by Gasteiger charge is -2.19. The van der Waals surface area contributed by atoms with Crippen LogP contribution in [0.2, 0.25) is 0 Å². The van der Waals surface area contributed by atoms with Crippen molar-refractivity contribution in [2.75, 3.05) is 33.4 Å². The van der Waals surface area contributed by atoms with Crippen molar-refractivity contribution in [1.29, 1.82) is 0 Å². The van der Waals surface area contributed by atoms with E-state index >= 15 is 0 Å². The Morgan fingerprint density at radius 2 is 0.889 bits per heavy atom. The molecule has 0 aromatic carbocycles. The van der Waals surface area contributed by atoms with Crippen molar-refractivity contribution in [2.45, 2.75) is 239 Å². The topological polar surface area (TPSA) is 100 Å². The first kappa shape index (κ1) is 52.2. The summed E-state index contributed by atoms with van der Waals surface area (Å²) < 4.78 is 22.3. The highest BCUT2D eigenvalue weighted by atomic mass is 16.7. The number of carbonyl (C=O) groups is 3. The molecule has 0 saturated carbocycles. The van der Waals surface area contributed by atoms with E-state index in [1.54, 1.807) is 0 Å². The molecule has 0 radical (unpaired) electrons. The van der Waals surface area contributed by atoms with Crippen LogP contribution in [0.3, 0.4) is 0 Å². The number of hydrogen-bond donors (Lipinski definition) is 1. The summed E-state index contributed by atoms with van der Waals surface area (Å²) >= 11 is 0. The van der Waals surface area contributed by atoms with Gasteiger partial charge in [-0.2, -0.15) is 0 Å². The van der Waals surface area contributed by atoms with Gasteiger partial charge in [-0.3, -0.25) is 9.59 Å². The van der Waals surface area contributed by atoms with E-state index < -0.39 is 6.16 Å². The number of rotatable bonds is 42. The van der Waals surface area contributed by atoms with E-state index in [0.717, 1.165) is 90.0 Å². The molecule has 0 saturated heterocycles. The molecule has 1 N–H and O–H groups in total. The molecule has 8 heteroatoms. The van der Waals surface area contributed by atoms with Gasteiger partial charge in [-0.25, -0.2) is 4.79 Å². The quantitative estimate of drug-likeness (QED) is 0.0372. The highest BCUT2D eigenvalue weighted by Crippen LogP contribution is 2.23. The molecular weight excluding hydrogens is 679 g/mol. The highest BCUT2D eigenvalue weighted by Gasteiger charge is 2.19. The van der Waals surface area contributed by atoms with E-state index in [4.69, 9.17) is 18.9 Å². The number of nitrogens with one attached hydrogen (secondary N) is 1. The van der Waals surface area contributed by atoms with Gasteiger partial charge in [0.1, 0.15) is 6.10 Å². The molecule has 0 aromatic heterocycles. The molecule has 0 fully saturated rings. The van der Waals surface area contributed by atoms with Crippen LogP contribution in [-0.4, -0.2) is 57.6 Å². The minimum Gasteiger partial charge on any atom is -0.466 e. The average Bonchev–Trinajstić information content (AvgIpc) is 3.16. The van der Waals surface area contributed by atoms with E-state index in [1.807, 2.05) is 7.05 Å². The Morgan fingerprint density at radius 3 is 1.44 bits per heavy atom. The summed E-state index contributed by atoms with van der Waals surface area (Å²) in [4.78, 5) is 37.4. The van der Waals surface area contributed by atoms with Crippen LogP contribution >= 0.6 is 0 Å². The molecule has 0 amide bonds. The molecule has 1 atom stereocenters. The van der Waals surface area contributed by atoms with Gasteiger partial charge in [-0.05, 0) is 70.9 Å². The number of hydrogen-bond acceptors (Lipinski definition) is 8. The monoisotopic (exact) mass is 768 g/mol. The molecule has 54 heavy (non-hydrogen) atoms. The minimum absolute atomic E-state index is 0.0454. The van der Waals surface area contributed by atoms with Gasteiger partial charge in [0.25, 0.3) is 0 Å². The summed E-state index contributed by atoms with van der Waals surface area (Å²) in [6.45, 7) is 8.76. The molecule has 0 aliphatic carbocycles. The first-order valence-corrected chi connectivity index (χ1v) is 23.3. The van der Waals surface area contributed by atoms with Gasteiger partial charge < -0.3 is 24.3 Å². The number of carbonyl (C=O) groups excluding carboxylic acids is 3. The zero-order valence-electron chi connectivity index (χ0n) is 36.2. The van der Waals surface area contributed by atoms with Crippen molar-refractivity contribution in [2.24, 2.45) is 5.92 Å². The molecule has 0 aliphatic rings. The molecule has 0 aliphatic heterocycles. The van der Waals surface area contributed by atoms with Gasteiger partial charge >= 0.3 is 18.1 Å². The Hall–Kier alpha value is -1.83. The SMILES string of the molecule is CCCCCCCCC(CCCCCCCC)CC(=O)OCCC(CCCCCCCCCCOC(=O)CCCCCCC)OC(=O)OCCCCNC. The van der Waals surface area contributed by atoms with Gasteiger partial charge in [0.2, 0.25) is 0 Å². The van der Waals surface area contributed by atoms with Crippen LogP contribution in [0.4, 0.5) is 4.79 Å². The van der Waals surface area contributed by atoms with E-state index in [0.29, 0.717) is 38.4 Å². The average molecular weight is 768 g/mol. The third-order valence-corrected chi connectivity index (χ3v) is 10.6. The molecule has 0 aromatic rings. The maximum atomic E-state index is 13.0. The smallest absolute Gasteiger partial charge is 0.466 e. The van der Waals surface area contributed by atoms with Crippen LogP contribution in [0.5, 0.6) is 0 Å². The molecule has 0 spiro atoms. The fourth-order valence-corrected chi connectivity index (χ4v) is 7.03. The largest absolute Gasteiger partial charge is 0.508 e. The molecule has 8 nitrogen and oxygen atoms in total. The fourth-order valence-electron chi connectivity index (χ4n) is 7.03. The normalized spacial score (nSPS) is 11.9. The van der Waals surface area contributed by atoms with Gasteiger partial charge in [0.05, 0.1) is 19.8 Å². The third-order valence-electron chi connectivity index (χ3n) is 10.6. The van der Waals surface area contributed by atoms with Crippen LogP contribution in [0, 0.1) is 5.92 Å². The van der Waals surface area contributed by atoms with Crippen molar-refractivity contribution in [1.82, 2.24) is 5.32 Å². The summed E-state index contributed by atoms with van der Waals surface area (Å²) in [5.74, 6) is 0.238. The summed E-state index contributed by atoms with van der Waals surface area (Å²) in [5.41, 5.74) is 0. The van der Waals surface area contributed by atoms with E-state index in [-0.39, 0.29) is 24.6 Å². The Balaban J connectivity index is 4.54. The van der Waals surface area contributed by atoms with Gasteiger partial charge in [0, 0.05) is 19.3 Å². The van der Waals surface area contributed by atoms with Crippen molar-refractivity contribution in [3.63, 3.8) is 0 Å². The summed E-state index contributed by atoms with van der Waals surface area (Å²) in [6, 6.07) is 0. The first-order valence-electron chi connectivity index (χ1n) is 23.3. The molecule has 0 heterocycles. The van der Waals surface area contributed by atoms with Gasteiger partial charge in [-0.15, -0.1) is 0 Å². The van der Waals surface area contributed by atoms with Crippen LogP contribution < -0.4 is 5.32 Å². The third kappa shape index (κ3) is 38.4. The standard InChI is InChI=1S/C46H89NO7/c1-5-8-11-14-21-25-32-42(33-26-22-15-12-9-6-2)41-45(49)52-40-36-43(54-46(50)53-39-31-29-37-47-4)34-27-23-18-16-17-19-24-30-38-51-44(48)35-28-20-13-10-7-3/h42-43,47H,5-41H2,1-4H3. The fraction of sp³-hybridized carbons (Fsp3) is 0.935. The van der Waals surface area contributed by atoms with Gasteiger partial charge in [-0.1, -0.05) is 162 Å². The maximum absolute atomic E-state index is 13.0. The summed E-state index contributed by atoms with van der Waals surface area (Å²) in [5, 5.41) is 3.11. The van der Waals surface area contributed by atoms with Crippen molar-refractivity contribution < 1.29 is 33.3 Å². The van der Waals surface area contributed by atoms with E-state index in [1.165, 1.54) is 109 Å². The Labute approximate surface area is 334 Å². The highest BCUT2D eigenvalue weighted by molar-refractivity contribution is 5.69. The zero-order valence-corrected chi connectivity index (χ0v) is 36.2. The molecule has 1 unspecified atom stereocenters. The predicted octanol–water partition coefficient (Wildman–Crippen LogP) is 13.4. The summed E-state index contributed by atoms with van der Waals surface area (Å²) in [6.07, 6.45) is 35.0. The second-order valence-corrected chi connectivity index (χ2v) is 15.8. The Morgan fingerprint density at radius 1 is 0.444 bits per heavy atom. The second kappa shape index (κ2) is 42.3. The van der Waals surface area contributed by atoms with E-state index in [9.17, 15) is 14.4 Å². The van der Waals surface area contributed by atoms with Crippen LogP contribution in [0.1, 0.15) is 233 Å². The summed E-state index contributed by atoms with van der Waals surface area (Å²) in [7, 11) is 1.91. The number of ether oxygens (including phenoxy) is 4. The van der Waals surface area contributed by atoms with Crippen molar-refractivity contribution >= 4 is 18.1 Å².